The second-order valence-electron chi connectivity index (χ2n) is 3.79. The van der Waals surface area contributed by atoms with Crippen molar-refractivity contribution in [3.63, 3.8) is 0 Å². The average molecular weight is 305 g/mol. The van der Waals surface area contributed by atoms with E-state index in [1.165, 1.54) is 14.7 Å². The fourth-order valence-corrected chi connectivity index (χ4v) is 4.92. The van der Waals surface area contributed by atoms with Gasteiger partial charge in [-0.05, 0) is 40.3 Å². The molecule has 0 amide bonds. The number of rotatable bonds is 6. The highest BCUT2D eigenvalue weighted by Gasteiger charge is 2.01. The number of hydrogen-bond donors (Lipinski definition) is 0. The quantitative estimate of drug-likeness (QED) is 0.585. The zero-order valence-electron chi connectivity index (χ0n) is 10.8. The lowest BCUT2D eigenvalue weighted by atomic mass is 10.2. The van der Waals surface area contributed by atoms with Gasteiger partial charge in [-0.1, -0.05) is 66.2 Å². The third kappa shape index (κ3) is 5.39. The molecule has 2 aromatic carbocycles. The largest absolute Gasteiger partial charge is 0.119 e. The second-order valence-corrected chi connectivity index (χ2v) is 7.60. The molecule has 0 aliphatic carbocycles. The number of hydrogen-bond acceptors (Lipinski definition) is 3. The highest BCUT2D eigenvalue weighted by atomic mass is 33.1. The van der Waals surface area contributed by atoms with E-state index in [1.54, 1.807) is 0 Å². The van der Waals surface area contributed by atoms with Crippen molar-refractivity contribution in [2.24, 2.45) is 0 Å². The van der Waals surface area contributed by atoms with E-state index in [4.69, 9.17) is 0 Å². The van der Waals surface area contributed by atoms with Crippen molar-refractivity contribution < 1.29 is 0 Å². The summed E-state index contributed by atoms with van der Waals surface area (Å²) in [6.07, 6.45) is 2.26. The van der Waals surface area contributed by atoms with Gasteiger partial charge in [0.15, 0.2) is 0 Å². The Kier molecular flexibility index (Phi) is 6.48. The van der Waals surface area contributed by atoms with Gasteiger partial charge < -0.3 is 0 Å². The van der Waals surface area contributed by atoms with E-state index in [-0.39, 0.29) is 0 Å². The van der Waals surface area contributed by atoms with Crippen LogP contribution in [-0.2, 0) is 0 Å². The fourth-order valence-electron chi connectivity index (χ4n) is 1.48. The molecule has 0 atom stereocenters. The second kappa shape index (κ2) is 8.41. The highest BCUT2D eigenvalue weighted by Crippen LogP contribution is 2.42. The summed E-state index contributed by atoms with van der Waals surface area (Å²) in [5.74, 6) is 1.10. The summed E-state index contributed by atoms with van der Waals surface area (Å²) >= 11 is 1.89. The zero-order valence-corrected chi connectivity index (χ0v) is 13.2. The van der Waals surface area contributed by atoms with Crippen molar-refractivity contribution in [1.82, 2.24) is 0 Å². The van der Waals surface area contributed by atoms with Crippen LogP contribution < -0.4 is 0 Å². The lowest BCUT2D eigenvalue weighted by molar-refractivity contribution is 1.48. The van der Waals surface area contributed by atoms with Crippen LogP contribution in [0.25, 0.3) is 6.08 Å². The van der Waals surface area contributed by atoms with Gasteiger partial charge in [-0.2, -0.15) is 0 Å². The van der Waals surface area contributed by atoms with Crippen LogP contribution >= 0.6 is 33.3 Å². The summed E-state index contributed by atoms with van der Waals surface area (Å²) in [5.41, 5.74) is 1.26. The van der Waals surface area contributed by atoms with E-state index in [9.17, 15) is 0 Å². The molecule has 0 nitrogen and oxygen atoms in total. The molecule has 3 heteroatoms. The maximum Gasteiger partial charge on any atom is 0.0519 e. The van der Waals surface area contributed by atoms with Gasteiger partial charge in [0.1, 0.15) is 0 Å². The zero-order chi connectivity index (χ0) is 13.3. The Hall–Kier alpha value is -0.770. The highest BCUT2D eigenvalue weighted by molar-refractivity contribution is 8.80. The molecule has 0 N–H and O–H groups in total. The first kappa shape index (κ1) is 14.6. The lowest BCUT2D eigenvalue weighted by Gasteiger charge is -2.05. The minimum atomic E-state index is 1.10. The summed E-state index contributed by atoms with van der Waals surface area (Å²) in [6, 6.07) is 21.0. The van der Waals surface area contributed by atoms with Gasteiger partial charge in [0.25, 0.3) is 0 Å². The Labute approximate surface area is 127 Å². The maximum atomic E-state index is 2.26. The van der Waals surface area contributed by atoms with Crippen LogP contribution in [-0.4, -0.2) is 5.75 Å². The van der Waals surface area contributed by atoms with Gasteiger partial charge >= 0.3 is 0 Å². The number of thioether (sulfide) groups is 1. The molecule has 0 heterocycles. The van der Waals surface area contributed by atoms with E-state index in [0.29, 0.717) is 0 Å². The van der Waals surface area contributed by atoms with Crippen LogP contribution in [0.3, 0.4) is 0 Å². The van der Waals surface area contributed by atoms with E-state index in [2.05, 4.69) is 73.7 Å². The standard InChI is InChI=1S/C16H16S3/c1-2-17-16(13-14-9-5-3-6-10-14)19-18-15-11-7-4-8-12-15/h3-13H,2H2,1H3/b16-13+. The third-order valence-electron chi connectivity index (χ3n) is 2.33. The summed E-state index contributed by atoms with van der Waals surface area (Å²) in [7, 11) is 3.65. The van der Waals surface area contributed by atoms with Crippen LogP contribution in [0.5, 0.6) is 0 Å². The van der Waals surface area contributed by atoms with Crippen molar-refractivity contribution in [2.45, 2.75) is 11.8 Å². The molecular weight excluding hydrogens is 288 g/mol. The molecule has 0 aromatic heterocycles. The topological polar surface area (TPSA) is 0 Å². The number of benzene rings is 2. The Balaban J connectivity index is 2.02. The molecule has 0 unspecified atom stereocenters. The van der Waals surface area contributed by atoms with Crippen LogP contribution in [0, 0.1) is 0 Å². The van der Waals surface area contributed by atoms with Crippen LogP contribution in [0.1, 0.15) is 12.5 Å². The van der Waals surface area contributed by atoms with Gasteiger partial charge in [0.2, 0.25) is 0 Å². The predicted molar refractivity (Wildman–Crippen MR) is 92.4 cm³/mol. The van der Waals surface area contributed by atoms with E-state index in [0.717, 1.165) is 5.75 Å². The normalized spacial score (nSPS) is 11.5. The average Bonchev–Trinajstić information content (AvgIpc) is 2.47. The Bertz CT molecular complexity index is 506. The van der Waals surface area contributed by atoms with Gasteiger partial charge in [-0.3, -0.25) is 0 Å². The molecule has 0 aliphatic heterocycles. The van der Waals surface area contributed by atoms with Crippen molar-refractivity contribution in [2.75, 3.05) is 5.75 Å². The Morgan fingerprint density at radius 2 is 1.58 bits per heavy atom. The van der Waals surface area contributed by atoms with Gasteiger partial charge in [0.05, 0.1) is 4.24 Å². The molecule has 0 fully saturated rings. The molecule has 19 heavy (non-hydrogen) atoms. The Morgan fingerprint density at radius 3 is 2.21 bits per heavy atom. The Morgan fingerprint density at radius 1 is 0.947 bits per heavy atom. The third-order valence-corrected chi connectivity index (χ3v) is 6.14. The van der Waals surface area contributed by atoms with Crippen LogP contribution in [0.2, 0.25) is 0 Å². The van der Waals surface area contributed by atoms with E-state index < -0.39 is 0 Å². The molecule has 0 saturated heterocycles. The summed E-state index contributed by atoms with van der Waals surface area (Å²) in [4.78, 5) is 1.29. The summed E-state index contributed by atoms with van der Waals surface area (Å²) in [5, 5.41) is 0. The first-order valence-electron chi connectivity index (χ1n) is 6.17. The molecule has 0 bridgehead atoms. The molecule has 2 rings (SSSR count). The fraction of sp³-hybridized carbons (Fsp3) is 0.125. The van der Waals surface area contributed by atoms with Gasteiger partial charge in [0, 0.05) is 4.90 Å². The maximum absolute atomic E-state index is 2.26. The van der Waals surface area contributed by atoms with Gasteiger partial charge in [-0.15, -0.1) is 11.8 Å². The minimum absolute atomic E-state index is 1.10. The molecule has 0 spiro atoms. The van der Waals surface area contributed by atoms with Gasteiger partial charge in [-0.25, -0.2) is 0 Å². The predicted octanol–water partition coefficient (Wildman–Crippen LogP) is 6.18. The lowest BCUT2D eigenvalue weighted by Crippen LogP contribution is -1.74. The molecular formula is C16H16S3. The van der Waals surface area contributed by atoms with E-state index >= 15 is 0 Å². The van der Waals surface area contributed by atoms with Crippen molar-refractivity contribution >= 4 is 39.4 Å². The SMILES string of the molecule is CCS/C(=C\c1ccccc1)SSc1ccccc1. The van der Waals surface area contributed by atoms with Crippen LogP contribution in [0.15, 0.2) is 69.8 Å². The molecule has 98 valence electrons. The molecule has 2 aromatic rings. The smallest absolute Gasteiger partial charge is 0.0519 e. The minimum Gasteiger partial charge on any atom is -0.119 e. The molecule has 0 radical (unpaired) electrons. The summed E-state index contributed by atoms with van der Waals surface area (Å²) < 4.78 is 1.35. The molecule has 0 saturated carbocycles. The van der Waals surface area contributed by atoms with Crippen molar-refractivity contribution in [3.05, 3.63) is 70.5 Å². The molecule has 0 aliphatic rings. The van der Waals surface area contributed by atoms with Crippen molar-refractivity contribution in [3.8, 4) is 0 Å². The first-order chi connectivity index (χ1) is 9.38. The first-order valence-corrected chi connectivity index (χ1v) is 9.31. The summed E-state index contributed by atoms with van der Waals surface area (Å²) in [6.45, 7) is 2.19. The van der Waals surface area contributed by atoms with Crippen LogP contribution in [0.4, 0.5) is 0 Å². The van der Waals surface area contributed by atoms with E-state index in [1.807, 2.05) is 33.3 Å². The monoisotopic (exact) mass is 304 g/mol. The van der Waals surface area contributed by atoms with Crippen molar-refractivity contribution in [1.29, 1.82) is 0 Å².